The van der Waals surface area contributed by atoms with Crippen molar-refractivity contribution < 1.29 is 23.4 Å². The summed E-state index contributed by atoms with van der Waals surface area (Å²) in [6.45, 7) is 0. The highest BCUT2D eigenvalue weighted by molar-refractivity contribution is 6.03. The summed E-state index contributed by atoms with van der Waals surface area (Å²) in [5.41, 5.74) is 0.386. The third-order valence-corrected chi connectivity index (χ3v) is 3.80. The summed E-state index contributed by atoms with van der Waals surface area (Å²) in [6, 6.07) is 11.0. The predicted molar refractivity (Wildman–Crippen MR) is 96.5 cm³/mol. The molecule has 0 saturated heterocycles. The van der Waals surface area contributed by atoms with E-state index in [-0.39, 0.29) is 22.2 Å². The number of rotatable bonds is 5. The fraction of sp³-hybridized carbons (Fsp3) is 0.158. The van der Waals surface area contributed by atoms with Gasteiger partial charge in [-0.3, -0.25) is 9.59 Å². The van der Waals surface area contributed by atoms with Gasteiger partial charge in [0.2, 0.25) is 0 Å². The monoisotopic (exact) mass is 355 g/mol. The molecule has 7 nitrogen and oxygen atoms in total. The number of carbonyl (C=O) groups excluding carboxylic acids is 1. The van der Waals surface area contributed by atoms with Gasteiger partial charge in [-0.1, -0.05) is 6.07 Å². The molecular formula is C19H17NO6. The second-order valence-electron chi connectivity index (χ2n) is 5.33. The van der Waals surface area contributed by atoms with Gasteiger partial charge in [0.15, 0.2) is 22.7 Å². The fourth-order valence-electron chi connectivity index (χ4n) is 2.57. The van der Waals surface area contributed by atoms with Crippen LogP contribution in [0.1, 0.15) is 10.6 Å². The van der Waals surface area contributed by atoms with Gasteiger partial charge in [-0.2, -0.15) is 0 Å². The Morgan fingerprint density at radius 3 is 2.35 bits per heavy atom. The van der Waals surface area contributed by atoms with Gasteiger partial charge in [-0.25, -0.2) is 0 Å². The number of amides is 1. The Kier molecular flexibility index (Phi) is 4.79. The van der Waals surface area contributed by atoms with E-state index in [2.05, 4.69) is 5.32 Å². The number of anilines is 1. The van der Waals surface area contributed by atoms with Gasteiger partial charge >= 0.3 is 0 Å². The van der Waals surface area contributed by atoms with Crippen molar-refractivity contribution in [1.82, 2.24) is 0 Å². The van der Waals surface area contributed by atoms with Gasteiger partial charge in [0.1, 0.15) is 16.7 Å². The second kappa shape index (κ2) is 7.18. The van der Waals surface area contributed by atoms with Crippen molar-refractivity contribution in [1.29, 1.82) is 0 Å². The molecule has 0 aliphatic carbocycles. The van der Waals surface area contributed by atoms with E-state index in [0.717, 1.165) is 6.07 Å². The van der Waals surface area contributed by atoms with Gasteiger partial charge in [-0.15, -0.1) is 0 Å². The van der Waals surface area contributed by atoms with Crippen LogP contribution >= 0.6 is 0 Å². The van der Waals surface area contributed by atoms with Crippen LogP contribution in [0.25, 0.3) is 11.0 Å². The maximum Gasteiger partial charge on any atom is 0.291 e. The number of fused-ring (bicyclic) bond motifs is 1. The highest BCUT2D eigenvalue weighted by Gasteiger charge is 2.16. The van der Waals surface area contributed by atoms with Crippen LogP contribution in [0, 0.1) is 0 Å². The zero-order valence-electron chi connectivity index (χ0n) is 14.5. The Bertz CT molecular complexity index is 1020. The molecule has 0 spiro atoms. The molecule has 1 heterocycles. The minimum atomic E-state index is -0.556. The number of benzene rings is 2. The fourth-order valence-corrected chi connectivity index (χ4v) is 2.57. The summed E-state index contributed by atoms with van der Waals surface area (Å²) in [6.07, 6.45) is 0. The molecule has 0 unspecified atom stereocenters. The summed E-state index contributed by atoms with van der Waals surface area (Å²) >= 11 is 0. The summed E-state index contributed by atoms with van der Waals surface area (Å²) in [4.78, 5) is 24.8. The van der Waals surface area contributed by atoms with Gasteiger partial charge < -0.3 is 23.9 Å². The first kappa shape index (κ1) is 17.3. The van der Waals surface area contributed by atoms with Crippen LogP contribution in [0.5, 0.6) is 17.2 Å². The lowest BCUT2D eigenvalue weighted by atomic mass is 10.2. The van der Waals surface area contributed by atoms with Gasteiger partial charge in [-0.05, 0) is 24.3 Å². The summed E-state index contributed by atoms with van der Waals surface area (Å²) in [5.74, 6) is 0.734. The van der Waals surface area contributed by atoms with Crippen LogP contribution in [0.3, 0.4) is 0 Å². The van der Waals surface area contributed by atoms with E-state index in [1.807, 2.05) is 0 Å². The largest absolute Gasteiger partial charge is 0.496 e. The zero-order valence-corrected chi connectivity index (χ0v) is 14.5. The molecule has 1 amide bonds. The van der Waals surface area contributed by atoms with Crippen LogP contribution in [-0.4, -0.2) is 27.2 Å². The van der Waals surface area contributed by atoms with Gasteiger partial charge in [0.05, 0.1) is 21.3 Å². The van der Waals surface area contributed by atoms with Gasteiger partial charge in [0, 0.05) is 17.8 Å². The molecule has 7 heteroatoms. The summed E-state index contributed by atoms with van der Waals surface area (Å²) in [5, 5.41) is 2.96. The molecule has 0 saturated carbocycles. The zero-order chi connectivity index (χ0) is 18.7. The van der Waals surface area contributed by atoms with E-state index in [1.54, 1.807) is 36.4 Å². The lowest BCUT2D eigenvalue weighted by Gasteiger charge is -2.10. The SMILES string of the molecule is COc1ccc(NC(=O)c2cc(=O)c3c(OC)cccc3o2)cc1OC. The van der Waals surface area contributed by atoms with Crippen molar-refractivity contribution in [3.63, 3.8) is 0 Å². The first-order chi connectivity index (χ1) is 12.6. The van der Waals surface area contributed by atoms with E-state index < -0.39 is 5.91 Å². The maximum absolute atomic E-state index is 12.5. The van der Waals surface area contributed by atoms with Crippen molar-refractivity contribution in [2.45, 2.75) is 0 Å². The quantitative estimate of drug-likeness (QED) is 0.757. The molecule has 3 rings (SSSR count). The summed E-state index contributed by atoms with van der Waals surface area (Å²) < 4.78 is 21.1. The number of carbonyl (C=O) groups is 1. The Morgan fingerprint density at radius 2 is 1.65 bits per heavy atom. The van der Waals surface area contributed by atoms with Crippen molar-refractivity contribution in [2.24, 2.45) is 0 Å². The third-order valence-electron chi connectivity index (χ3n) is 3.80. The average molecular weight is 355 g/mol. The number of ether oxygens (including phenoxy) is 3. The molecule has 0 aliphatic heterocycles. The standard InChI is InChI=1S/C19H17NO6/c1-23-13-8-7-11(9-16(13)25-3)20-19(22)17-10-12(21)18-14(24-2)5-4-6-15(18)26-17/h4-10H,1-3H3,(H,20,22). The van der Waals surface area contributed by atoms with E-state index in [0.29, 0.717) is 22.9 Å². The second-order valence-corrected chi connectivity index (χ2v) is 5.33. The Balaban J connectivity index is 1.95. The van der Waals surface area contributed by atoms with Crippen LogP contribution in [-0.2, 0) is 0 Å². The molecule has 3 aromatic rings. The highest BCUT2D eigenvalue weighted by Crippen LogP contribution is 2.30. The molecule has 0 fully saturated rings. The number of methoxy groups -OCH3 is 3. The van der Waals surface area contributed by atoms with Crippen molar-refractivity contribution >= 4 is 22.6 Å². The molecule has 1 aromatic heterocycles. The first-order valence-corrected chi connectivity index (χ1v) is 7.71. The highest BCUT2D eigenvalue weighted by atomic mass is 16.5. The van der Waals surface area contributed by atoms with E-state index in [9.17, 15) is 9.59 Å². The minimum absolute atomic E-state index is 0.106. The molecule has 0 bridgehead atoms. The lowest BCUT2D eigenvalue weighted by molar-refractivity contribution is 0.0997. The molecule has 0 radical (unpaired) electrons. The maximum atomic E-state index is 12.5. The minimum Gasteiger partial charge on any atom is -0.496 e. The van der Waals surface area contributed by atoms with E-state index >= 15 is 0 Å². The Morgan fingerprint density at radius 1 is 0.923 bits per heavy atom. The normalized spacial score (nSPS) is 10.4. The molecule has 134 valence electrons. The van der Waals surface area contributed by atoms with Crippen LogP contribution < -0.4 is 25.0 Å². The number of nitrogens with one attached hydrogen (secondary N) is 1. The number of hydrogen-bond acceptors (Lipinski definition) is 6. The van der Waals surface area contributed by atoms with Crippen molar-refractivity contribution in [2.75, 3.05) is 26.6 Å². The molecule has 0 aliphatic rings. The average Bonchev–Trinajstić information content (AvgIpc) is 2.67. The molecule has 2 aromatic carbocycles. The summed E-state index contributed by atoms with van der Waals surface area (Å²) in [7, 11) is 4.49. The van der Waals surface area contributed by atoms with E-state index in [1.165, 1.54) is 21.3 Å². The smallest absolute Gasteiger partial charge is 0.291 e. The van der Waals surface area contributed by atoms with Crippen LogP contribution in [0.2, 0.25) is 0 Å². The Labute approximate surface area is 149 Å². The molecule has 1 N–H and O–H groups in total. The number of hydrogen-bond donors (Lipinski definition) is 1. The van der Waals surface area contributed by atoms with Crippen molar-refractivity contribution in [3.05, 3.63) is 58.4 Å². The van der Waals surface area contributed by atoms with Crippen LogP contribution in [0.4, 0.5) is 5.69 Å². The Hall–Kier alpha value is -3.48. The topological polar surface area (TPSA) is 87.0 Å². The molecule has 0 atom stereocenters. The first-order valence-electron chi connectivity index (χ1n) is 7.71. The van der Waals surface area contributed by atoms with E-state index in [4.69, 9.17) is 18.6 Å². The molecule has 26 heavy (non-hydrogen) atoms. The van der Waals surface area contributed by atoms with Crippen molar-refractivity contribution in [3.8, 4) is 17.2 Å². The lowest BCUT2D eigenvalue weighted by Crippen LogP contribution is -2.15. The third kappa shape index (κ3) is 3.19. The van der Waals surface area contributed by atoms with Crippen LogP contribution in [0.15, 0.2) is 51.7 Å². The molecular weight excluding hydrogens is 338 g/mol. The van der Waals surface area contributed by atoms with Gasteiger partial charge in [0.25, 0.3) is 5.91 Å². The predicted octanol–water partition coefficient (Wildman–Crippen LogP) is 3.07.